The molecule has 1 saturated heterocycles. The molecule has 0 spiro atoms. The minimum Gasteiger partial charge on any atom is -0.477 e. The molecule has 1 aliphatic rings. The Morgan fingerprint density at radius 1 is 1.15 bits per heavy atom. The van der Waals surface area contributed by atoms with Crippen molar-refractivity contribution in [3.63, 3.8) is 0 Å². The molecule has 1 fully saturated rings. The molecule has 0 aromatic heterocycles. The maximum Gasteiger partial charge on any atom is 0.366 e. The number of piperazine rings is 1. The quantitative estimate of drug-likeness (QED) is 0.654. The highest BCUT2D eigenvalue weighted by Gasteiger charge is 2.23. The van der Waals surface area contributed by atoms with E-state index < -0.39 is 18.1 Å². The first kappa shape index (κ1) is 19.0. The topological polar surface area (TPSA) is 90.9 Å². The van der Waals surface area contributed by atoms with Crippen LogP contribution in [0.15, 0.2) is 48.5 Å². The van der Waals surface area contributed by atoms with Crippen LogP contribution in [0.25, 0.3) is 0 Å². The summed E-state index contributed by atoms with van der Waals surface area (Å²) in [5, 5.41) is 15.4. The summed E-state index contributed by atoms with van der Waals surface area (Å²) in [6.45, 7) is 3.65. The monoisotopic (exact) mass is 389 g/mol. The molecular formula is C19H20ClN3O4. The van der Waals surface area contributed by atoms with E-state index in [0.717, 1.165) is 31.9 Å². The Bertz CT molecular complexity index is 807. The van der Waals surface area contributed by atoms with E-state index in [0.29, 0.717) is 10.6 Å². The second-order valence-corrected chi connectivity index (χ2v) is 6.49. The molecule has 27 heavy (non-hydrogen) atoms. The Kier molecular flexibility index (Phi) is 6.16. The average Bonchev–Trinajstić information content (AvgIpc) is 2.68. The van der Waals surface area contributed by atoms with Crippen molar-refractivity contribution in [1.29, 1.82) is 0 Å². The molecule has 1 amide bonds. The molecule has 2 aromatic rings. The van der Waals surface area contributed by atoms with Gasteiger partial charge in [0.2, 0.25) is 0 Å². The van der Waals surface area contributed by atoms with Crippen LogP contribution in [0, 0.1) is 0 Å². The normalized spacial score (nSPS) is 15.1. The SMILES string of the molecule is O=C(NC(Oc1cccc(Cl)c1)C(=O)O)c1ccc(N2CCNCC2)cc1. The van der Waals surface area contributed by atoms with Crippen molar-refractivity contribution >= 4 is 29.2 Å². The number of carboxylic acid groups (broad SMARTS) is 1. The number of rotatable bonds is 6. The zero-order chi connectivity index (χ0) is 19.2. The van der Waals surface area contributed by atoms with Crippen molar-refractivity contribution in [1.82, 2.24) is 10.6 Å². The third-order valence-corrected chi connectivity index (χ3v) is 4.38. The van der Waals surface area contributed by atoms with Gasteiger partial charge in [-0.3, -0.25) is 4.79 Å². The Balaban J connectivity index is 1.65. The van der Waals surface area contributed by atoms with Gasteiger partial charge >= 0.3 is 5.97 Å². The van der Waals surface area contributed by atoms with Gasteiger partial charge in [0.25, 0.3) is 12.1 Å². The number of halogens is 1. The molecule has 1 heterocycles. The second-order valence-electron chi connectivity index (χ2n) is 6.05. The Hall–Kier alpha value is -2.77. The highest BCUT2D eigenvalue weighted by Crippen LogP contribution is 2.19. The number of anilines is 1. The standard InChI is InChI=1S/C19H20ClN3O4/c20-14-2-1-3-16(12-14)27-18(19(25)26)22-17(24)13-4-6-15(7-5-13)23-10-8-21-9-11-23/h1-7,12,18,21H,8-11H2,(H,22,24)(H,25,26). The summed E-state index contributed by atoms with van der Waals surface area (Å²) in [5.41, 5.74) is 1.38. The summed E-state index contributed by atoms with van der Waals surface area (Å²) in [5.74, 6) is -1.58. The van der Waals surface area contributed by atoms with Crippen molar-refractivity contribution in [3.05, 3.63) is 59.1 Å². The fourth-order valence-electron chi connectivity index (χ4n) is 2.77. The number of carbonyl (C=O) groups is 2. The highest BCUT2D eigenvalue weighted by molar-refractivity contribution is 6.30. The van der Waals surface area contributed by atoms with Gasteiger partial charge in [-0.2, -0.15) is 0 Å². The number of nitrogens with zero attached hydrogens (tertiary/aromatic N) is 1. The molecule has 0 aliphatic carbocycles. The summed E-state index contributed by atoms with van der Waals surface area (Å²) >= 11 is 5.87. The lowest BCUT2D eigenvalue weighted by molar-refractivity contribution is -0.146. The van der Waals surface area contributed by atoms with E-state index in [1.54, 1.807) is 30.3 Å². The maximum atomic E-state index is 12.4. The molecule has 1 aliphatic heterocycles. The van der Waals surface area contributed by atoms with E-state index in [4.69, 9.17) is 16.3 Å². The van der Waals surface area contributed by atoms with Crippen LogP contribution in [0.4, 0.5) is 5.69 Å². The number of hydrogen-bond acceptors (Lipinski definition) is 5. The Labute approximate surface area is 161 Å². The first-order chi connectivity index (χ1) is 13.0. The third-order valence-electron chi connectivity index (χ3n) is 4.15. The highest BCUT2D eigenvalue weighted by atomic mass is 35.5. The molecule has 3 rings (SSSR count). The molecule has 1 atom stereocenters. The van der Waals surface area contributed by atoms with E-state index >= 15 is 0 Å². The van der Waals surface area contributed by atoms with Crippen molar-refractivity contribution in [2.75, 3.05) is 31.1 Å². The number of nitrogens with one attached hydrogen (secondary N) is 2. The lowest BCUT2D eigenvalue weighted by atomic mass is 10.1. The van der Waals surface area contributed by atoms with Crippen molar-refractivity contribution in [3.8, 4) is 5.75 Å². The van der Waals surface area contributed by atoms with Gasteiger partial charge < -0.3 is 25.4 Å². The van der Waals surface area contributed by atoms with E-state index in [2.05, 4.69) is 15.5 Å². The number of benzene rings is 2. The van der Waals surface area contributed by atoms with E-state index in [-0.39, 0.29) is 5.75 Å². The molecular weight excluding hydrogens is 370 g/mol. The summed E-state index contributed by atoms with van der Waals surface area (Å²) < 4.78 is 5.34. The molecule has 1 unspecified atom stereocenters. The van der Waals surface area contributed by atoms with Crippen LogP contribution < -0.4 is 20.3 Å². The molecule has 3 N–H and O–H groups in total. The van der Waals surface area contributed by atoms with Gasteiger partial charge in [-0.25, -0.2) is 4.79 Å². The molecule has 8 heteroatoms. The van der Waals surface area contributed by atoms with Crippen LogP contribution in [0.3, 0.4) is 0 Å². The Morgan fingerprint density at radius 2 is 1.85 bits per heavy atom. The van der Waals surface area contributed by atoms with Crippen molar-refractivity contribution < 1.29 is 19.4 Å². The van der Waals surface area contributed by atoms with Crippen molar-refractivity contribution in [2.45, 2.75) is 6.23 Å². The van der Waals surface area contributed by atoms with E-state index in [1.165, 1.54) is 6.07 Å². The minimum absolute atomic E-state index is 0.254. The van der Waals surface area contributed by atoms with Gasteiger partial charge in [0, 0.05) is 42.5 Å². The van der Waals surface area contributed by atoms with Crippen LogP contribution in [-0.4, -0.2) is 49.4 Å². The lowest BCUT2D eigenvalue weighted by Gasteiger charge is -2.29. The predicted molar refractivity (Wildman–Crippen MR) is 102 cm³/mol. The number of ether oxygens (including phenoxy) is 1. The fraction of sp³-hybridized carbons (Fsp3) is 0.263. The van der Waals surface area contributed by atoms with Gasteiger partial charge in [-0.1, -0.05) is 17.7 Å². The third kappa shape index (κ3) is 5.12. The van der Waals surface area contributed by atoms with Crippen LogP contribution >= 0.6 is 11.6 Å². The van der Waals surface area contributed by atoms with Gasteiger partial charge in [0.05, 0.1) is 0 Å². The first-order valence-corrected chi connectivity index (χ1v) is 8.92. The largest absolute Gasteiger partial charge is 0.477 e. The first-order valence-electron chi connectivity index (χ1n) is 8.54. The number of carbonyl (C=O) groups excluding carboxylic acids is 1. The van der Waals surface area contributed by atoms with Crippen LogP contribution in [0.1, 0.15) is 10.4 Å². The Morgan fingerprint density at radius 3 is 2.48 bits per heavy atom. The van der Waals surface area contributed by atoms with Gasteiger partial charge in [0.15, 0.2) is 0 Å². The number of aliphatic carboxylic acids is 1. The molecule has 0 bridgehead atoms. The minimum atomic E-state index is -1.52. The van der Waals surface area contributed by atoms with Crippen LogP contribution in [0.5, 0.6) is 5.75 Å². The fourth-order valence-corrected chi connectivity index (χ4v) is 2.95. The number of hydrogen-bond donors (Lipinski definition) is 3. The molecule has 0 saturated carbocycles. The van der Waals surface area contributed by atoms with Gasteiger partial charge in [0.1, 0.15) is 5.75 Å². The van der Waals surface area contributed by atoms with Crippen molar-refractivity contribution in [2.24, 2.45) is 0 Å². The predicted octanol–water partition coefficient (Wildman–Crippen LogP) is 1.97. The molecule has 142 valence electrons. The van der Waals surface area contributed by atoms with E-state index in [1.807, 2.05) is 12.1 Å². The molecule has 7 nitrogen and oxygen atoms in total. The summed E-state index contributed by atoms with van der Waals surface area (Å²) in [7, 11) is 0. The lowest BCUT2D eigenvalue weighted by Crippen LogP contribution is -2.45. The zero-order valence-corrected chi connectivity index (χ0v) is 15.3. The smallest absolute Gasteiger partial charge is 0.366 e. The van der Waals surface area contributed by atoms with Crippen LogP contribution in [0.2, 0.25) is 5.02 Å². The van der Waals surface area contributed by atoms with E-state index in [9.17, 15) is 14.7 Å². The summed E-state index contributed by atoms with van der Waals surface area (Å²) in [4.78, 5) is 26.1. The average molecular weight is 390 g/mol. The second kappa shape index (κ2) is 8.75. The molecule has 0 radical (unpaired) electrons. The zero-order valence-electron chi connectivity index (χ0n) is 14.5. The van der Waals surface area contributed by atoms with Gasteiger partial charge in [-0.15, -0.1) is 0 Å². The number of carboxylic acids is 1. The van der Waals surface area contributed by atoms with Gasteiger partial charge in [-0.05, 0) is 42.5 Å². The summed E-state index contributed by atoms with van der Waals surface area (Å²) in [6.07, 6.45) is -1.52. The van der Waals surface area contributed by atoms with Crippen LogP contribution in [-0.2, 0) is 4.79 Å². The molecule has 2 aromatic carbocycles. The number of amides is 1. The summed E-state index contributed by atoms with van der Waals surface area (Å²) in [6, 6.07) is 13.4. The maximum absolute atomic E-state index is 12.4.